The molecule has 0 heterocycles. The van der Waals surface area contributed by atoms with Crippen LogP contribution in [-0.4, -0.2) is 11.7 Å². The molecule has 3 heteroatoms. The van der Waals surface area contributed by atoms with E-state index in [9.17, 15) is 5.11 Å². The molecule has 0 unspecified atom stereocenters. The zero-order chi connectivity index (χ0) is 34.4. The van der Waals surface area contributed by atoms with Crippen LogP contribution in [0.5, 0.6) is 0 Å². The molecule has 0 fully saturated rings. The molecular formula is C48H40OP2. The van der Waals surface area contributed by atoms with Crippen LogP contribution >= 0.6 is 15.8 Å². The van der Waals surface area contributed by atoms with E-state index in [2.05, 4.69) is 188 Å². The van der Waals surface area contributed by atoms with Gasteiger partial charge in [0.05, 0.1) is 0 Å². The van der Waals surface area contributed by atoms with Crippen molar-refractivity contribution in [2.45, 2.75) is 19.3 Å². The third kappa shape index (κ3) is 6.91. The zero-order valence-corrected chi connectivity index (χ0v) is 30.4. The third-order valence-corrected chi connectivity index (χ3v) is 14.6. The van der Waals surface area contributed by atoms with Crippen LogP contribution in [0.25, 0.3) is 32.7 Å². The quantitative estimate of drug-likeness (QED) is 0.106. The molecule has 0 saturated carbocycles. The van der Waals surface area contributed by atoms with Gasteiger partial charge in [0.2, 0.25) is 0 Å². The van der Waals surface area contributed by atoms with Gasteiger partial charge in [-0.2, -0.15) is 0 Å². The lowest BCUT2D eigenvalue weighted by Gasteiger charge is -2.28. The van der Waals surface area contributed by atoms with Crippen LogP contribution < -0.4 is 31.8 Å². The summed E-state index contributed by atoms with van der Waals surface area (Å²) in [5.41, 5.74) is 3.98. The fourth-order valence-electron chi connectivity index (χ4n) is 7.29. The number of fused-ring (bicyclic) bond motifs is 2. The Labute approximate surface area is 303 Å². The van der Waals surface area contributed by atoms with Crippen LogP contribution in [0, 0.1) is 0 Å². The Morgan fingerprint density at radius 2 is 0.804 bits per heavy atom. The summed E-state index contributed by atoms with van der Waals surface area (Å²) in [5.74, 6) is 0. The number of hydrogen-bond acceptors (Lipinski definition) is 1. The molecule has 0 bridgehead atoms. The number of aryl methyl sites for hydroxylation is 1. The van der Waals surface area contributed by atoms with Crippen LogP contribution in [0.15, 0.2) is 188 Å². The van der Waals surface area contributed by atoms with E-state index in [0.29, 0.717) is 0 Å². The summed E-state index contributed by atoms with van der Waals surface area (Å²) in [6.07, 6.45) is 2.76. The summed E-state index contributed by atoms with van der Waals surface area (Å²) in [5, 5.41) is 22.7. The minimum atomic E-state index is -0.899. The first-order chi connectivity index (χ1) is 25.3. The maximum absolute atomic E-state index is 9.47. The first-order valence-electron chi connectivity index (χ1n) is 17.8. The van der Waals surface area contributed by atoms with E-state index in [1.54, 1.807) is 0 Å². The van der Waals surface area contributed by atoms with Crippen LogP contribution in [0.3, 0.4) is 0 Å². The van der Waals surface area contributed by atoms with Crippen molar-refractivity contribution < 1.29 is 5.11 Å². The molecule has 0 amide bonds. The van der Waals surface area contributed by atoms with Gasteiger partial charge in [-0.3, -0.25) is 0 Å². The van der Waals surface area contributed by atoms with E-state index in [1.165, 1.54) is 70.1 Å². The zero-order valence-electron chi connectivity index (χ0n) is 28.6. The highest BCUT2D eigenvalue weighted by Crippen LogP contribution is 2.45. The number of benzene rings is 8. The molecule has 1 N–H and O–H groups in total. The van der Waals surface area contributed by atoms with E-state index in [4.69, 9.17) is 0 Å². The number of aliphatic hydroxyl groups excluding tert-OH is 1. The first-order valence-corrected chi connectivity index (χ1v) is 20.5. The van der Waals surface area contributed by atoms with Crippen molar-refractivity contribution >= 4 is 69.2 Å². The van der Waals surface area contributed by atoms with Crippen molar-refractivity contribution in [3.05, 3.63) is 194 Å². The lowest BCUT2D eigenvalue weighted by Crippen LogP contribution is -2.26. The molecule has 0 aliphatic rings. The van der Waals surface area contributed by atoms with E-state index in [0.717, 1.165) is 19.3 Å². The second-order valence-electron chi connectivity index (χ2n) is 12.9. The SMILES string of the molecule is OCCCCc1ccc2c(-c3c(P(c4ccccc4)c4ccccc4)ccc4ccccc34)c(P(c3ccccc3)c3ccccc3)ccc2c1. The molecule has 8 aromatic carbocycles. The fraction of sp³-hybridized carbons (Fsp3) is 0.0833. The second kappa shape index (κ2) is 15.6. The highest BCUT2D eigenvalue weighted by atomic mass is 31.1. The standard InChI is InChI=1S/C48H40OP2/c49-34-16-15-17-36-28-31-44-38(35-36)30-33-46(51(41-23-9-3-10-24-41)42-25-11-4-12-26-42)48(44)47-43-27-14-13-18-37(43)29-32-45(47)50(39-19-5-1-6-20-39)40-21-7-2-8-22-40/h1-14,18-33,35,49H,15-17,34H2. The Morgan fingerprint density at radius 3 is 1.29 bits per heavy atom. The Balaban J connectivity index is 1.49. The summed E-state index contributed by atoms with van der Waals surface area (Å²) in [7, 11) is -1.79. The van der Waals surface area contributed by atoms with Gasteiger partial charge >= 0.3 is 0 Å². The van der Waals surface area contributed by atoms with Gasteiger partial charge in [-0.15, -0.1) is 0 Å². The van der Waals surface area contributed by atoms with Crippen molar-refractivity contribution in [3.63, 3.8) is 0 Å². The number of aliphatic hydroxyl groups is 1. The molecule has 248 valence electrons. The average Bonchev–Trinajstić information content (AvgIpc) is 3.20. The molecule has 0 atom stereocenters. The van der Waals surface area contributed by atoms with E-state index < -0.39 is 15.8 Å². The summed E-state index contributed by atoms with van der Waals surface area (Å²) in [4.78, 5) is 0. The second-order valence-corrected chi connectivity index (χ2v) is 17.3. The lowest BCUT2D eigenvalue weighted by atomic mass is 9.92. The van der Waals surface area contributed by atoms with Gasteiger partial charge in [-0.25, -0.2) is 0 Å². The van der Waals surface area contributed by atoms with Gasteiger partial charge in [0, 0.05) is 6.61 Å². The van der Waals surface area contributed by atoms with Crippen molar-refractivity contribution in [1.82, 2.24) is 0 Å². The lowest BCUT2D eigenvalue weighted by molar-refractivity contribution is 0.284. The minimum absolute atomic E-state index is 0.235. The van der Waals surface area contributed by atoms with Gasteiger partial charge < -0.3 is 5.11 Å². The maximum atomic E-state index is 9.47. The largest absolute Gasteiger partial charge is 0.396 e. The van der Waals surface area contributed by atoms with Crippen molar-refractivity contribution in [1.29, 1.82) is 0 Å². The van der Waals surface area contributed by atoms with Crippen molar-refractivity contribution in [2.75, 3.05) is 6.61 Å². The summed E-state index contributed by atoms with van der Waals surface area (Å²) in [6.45, 7) is 0.235. The van der Waals surface area contributed by atoms with Crippen LogP contribution in [0.4, 0.5) is 0 Å². The predicted octanol–water partition coefficient (Wildman–Crippen LogP) is 9.49. The van der Waals surface area contributed by atoms with Crippen molar-refractivity contribution in [2.24, 2.45) is 0 Å². The Hall–Kier alpha value is -4.90. The number of unbranched alkanes of at least 4 members (excludes halogenated alkanes) is 1. The van der Waals surface area contributed by atoms with Gasteiger partial charge in [0.1, 0.15) is 0 Å². The third-order valence-electron chi connectivity index (χ3n) is 9.63. The fourth-order valence-corrected chi connectivity index (χ4v) is 12.2. The molecule has 0 radical (unpaired) electrons. The van der Waals surface area contributed by atoms with Gasteiger partial charge in [0.15, 0.2) is 0 Å². The molecule has 0 aromatic heterocycles. The molecule has 8 rings (SSSR count). The van der Waals surface area contributed by atoms with Gasteiger partial charge in [-0.1, -0.05) is 188 Å². The Morgan fingerprint density at radius 1 is 0.373 bits per heavy atom. The van der Waals surface area contributed by atoms with Crippen molar-refractivity contribution in [3.8, 4) is 11.1 Å². The molecule has 8 aromatic rings. The monoisotopic (exact) mass is 694 g/mol. The summed E-state index contributed by atoms with van der Waals surface area (Å²) < 4.78 is 0. The molecule has 0 spiro atoms. The Kier molecular flexibility index (Phi) is 10.1. The molecule has 0 aliphatic carbocycles. The molecule has 0 aliphatic heterocycles. The van der Waals surface area contributed by atoms with Crippen LogP contribution in [0.2, 0.25) is 0 Å². The average molecular weight is 695 g/mol. The number of hydrogen-bond donors (Lipinski definition) is 1. The van der Waals surface area contributed by atoms with E-state index >= 15 is 0 Å². The minimum Gasteiger partial charge on any atom is -0.396 e. The van der Waals surface area contributed by atoms with Crippen LogP contribution in [0.1, 0.15) is 18.4 Å². The number of rotatable bonds is 11. The normalized spacial score (nSPS) is 11.5. The molecule has 51 heavy (non-hydrogen) atoms. The summed E-state index contributed by atoms with van der Waals surface area (Å²) >= 11 is 0. The molecule has 0 saturated heterocycles. The van der Waals surface area contributed by atoms with E-state index in [-0.39, 0.29) is 6.61 Å². The molecule has 1 nitrogen and oxygen atoms in total. The van der Waals surface area contributed by atoms with E-state index in [1.807, 2.05) is 0 Å². The first kappa shape index (κ1) is 33.3. The summed E-state index contributed by atoms with van der Waals surface area (Å²) in [6, 6.07) is 70.0. The van der Waals surface area contributed by atoms with Crippen LogP contribution in [-0.2, 0) is 6.42 Å². The topological polar surface area (TPSA) is 20.2 Å². The van der Waals surface area contributed by atoms with Gasteiger partial charge in [-0.05, 0) is 105 Å². The highest BCUT2D eigenvalue weighted by molar-refractivity contribution is 7.80. The van der Waals surface area contributed by atoms with Gasteiger partial charge in [0.25, 0.3) is 0 Å². The Bertz CT molecular complexity index is 2300. The predicted molar refractivity (Wildman–Crippen MR) is 224 cm³/mol. The smallest absolute Gasteiger partial charge is 0.0431 e. The highest BCUT2D eigenvalue weighted by Gasteiger charge is 2.28. The molecular weight excluding hydrogens is 654 g/mol. The maximum Gasteiger partial charge on any atom is 0.0431 e.